The molecule has 1 aliphatic carbocycles. The molecule has 1 saturated carbocycles. The molecular weight excluding hydrogens is 471 g/mol. The molecule has 1 saturated heterocycles. The molecule has 36 heavy (non-hydrogen) atoms. The summed E-state index contributed by atoms with van der Waals surface area (Å²) in [6, 6.07) is 3.59. The number of likely N-dealkylation sites (tertiary alicyclic amines) is 1. The van der Waals surface area contributed by atoms with Crippen molar-refractivity contribution >= 4 is 17.5 Å². The Labute approximate surface area is 209 Å². The van der Waals surface area contributed by atoms with E-state index in [4.69, 9.17) is 5.73 Å². The zero-order chi connectivity index (χ0) is 25.9. The fourth-order valence-corrected chi connectivity index (χ4v) is 4.76. The molecule has 7 nitrogen and oxygen atoms in total. The van der Waals surface area contributed by atoms with Crippen molar-refractivity contribution in [2.24, 2.45) is 11.7 Å². The molecular formula is C26H34F3N5O2. The molecule has 0 aromatic heterocycles. The first-order valence-corrected chi connectivity index (χ1v) is 12.5. The number of piperidine rings is 1. The summed E-state index contributed by atoms with van der Waals surface area (Å²) in [5.41, 5.74) is 6.65. The smallest absolute Gasteiger partial charge is 0.352 e. The van der Waals surface area contributed by atoms with Crippen LogP contribution in [0.15, 0.2) is 42.5 Å². The van der Waals surface area contributed by atoms with E-state index in [0.29, 0.717) is 29.8 Å². The summed E-state index contributed by atoms with van der Waals surface area (Å²) in [5.74, 6) is -0.116. The Morgan fingerprint density at radius 2 is 1.92 bits per heavy atom. The fraction of sp³-hybridized carbons (Fsp3) is 0.538. The molecule has 2 atom stereocenters. The van der Waals surface area contributed by atoms with Crippen LogP contribution in [0.2, 0.25) is 0 Å². The second kappa shape index (κ2) is 11.1. The van der Waals surface area contributed by atoms with Gasteiger partial charge in [-0.25, -0.2) is 0 Å². The summed E-state index contributed by atoms with van der Waals surface area (Å²) in [7, 11) is 0. The predicted molar refractivity (Wildman–Crippen MR) is 132 cm³/mol. The van der Waals surface area contributed by atoms with Crippen LogP contribution in [0.25, 0.3) is 0 Å². The van der Waals surface area contributed by atoms with Crippen LogP contribution < -0.4 is 21.7 Å². The number of benzene rings is 1. The van der Waals surface area contributed by atoms with Gasteiger partial charge in [0, 0.05) is 48.9 Å². The van der Waals surface area contributed by atoms with E-state index in [0.717, 1.165) is 38.8 Å². The molecule has 2 heterocycles. The molecule has 1 aromatic rings. The first-order valence-electron chi connectivity index (χ1n) is 12.5. The monoisotopic (exact) mass is 505 g/mol. The maximum Gasteiger partial charge on any atom is 0.413 e. The molecule has 2 unspecified atom stereocenters. The normalized spacial score (nSPS) is 23.3. The Morgan fingerprint density at radius 3 is 2.58 bits per heavy atom. The molecule has 0 radical (unpaired) electrons. The molecule has 10 heteroatoms. The highest BCUT2D eigenvalue weighted by atomic mass is 19.4. The highest BCUT2D eigenvalue weighted by molar-refractivity contribution is 5.93. The summed E-state index contributed by atoms with van der Waals surface area (Å²) in [5, 5.41) is 8.77. The second-order valence-electron chi connectivity index (χ2n) is 9.92. The number of hydrogen-bond donors (Lipinski definition) is 4. The van der Waals surface area contributed by atoms with Crippen molar-refractivity contribution in [2.75, 3.05) is 31.5 Å². The van der Waals surface area contributed by atoms with Crippen molar-refractivity contribution in [3.63, 3.8) is 0 Å². The molecule has 1 aromatic carbocycles. The Balaban J connectivity index is 1.49. The number of carbonyl (C=O) groups excluding carboxylic acids is 2. The van der Waals surface area contributed by atoms with Crippen molar-refractivity contribution in [3.05, 3.63) is 53.6 Å². The van der Waals surface area contributed by atoms with Crippen LogP contribution in [0.5, 0.6) is 0 Å². The van der Waals surface area contributed by atoms with Crippen LogP contribution in [-0.2, 0) is 16.0 Å². The number of fused-ring (bicyclic) bond motifs is 1. The lowest BCUT2D eigenvalue weighted by molar-refractivity contribution is -0.122. The number of alkyl halides is 3. The van der Waals surface area contributed by atoms with E-state index < -0.39 is 23.8 Å². The lowest BCUT2D eigenvalue weighted by Crippen LogP contribution is -2.43. The van der Waals surface area contributed by atoms with Gasteiger partial charge in [0.2, 0.25) is 11.8 Å². The van der Waals surface area contributed by atoms with Gasteiger partial charge in [0.25, 0.3) is 0 Å². The third-order valence-electron chi connectivity index (χ3n) is 7.02. The molecule has 196 valence electrons. The third kappa shape index (κ3) is 6.74. The van der Waals surface area contributed by atoms with Gasteiger partial charge in [-0.3, -0.25) is 19.8 Å². The summed E-state index contributed by atoms with van der Waals surface area (Å²) in [4.78, 5) is 26.7. The number of anilines is 1. The maximum atomic E-state index is 13.6. The standard InChI is InChI=1S/C26H34F3N5O2/c1-16(26(27,28)29)24-20-5-2-6-22(33-23(35)15-34-12-9-18(30)10-13-34)21(20)14-19(32-24)4-3-11-31-25(36)17-7-8-17/h2-6,17-19,24,32H,1,7-15,30H2,(H,31,36)(H,33,35)/b4-3+. The second-order valence-corrected chi connectivity index (χ2v) is 9.92. The van der Waals surface area contributed by atoms with Gasteiger partial charge >= 0.3 is 6.18 Å². The van der Waals surface area contributed by atoms with Gasteiger partial charge < -0.3 is 16.4 Å². The minimum absolute atomic E-state index is 0.00520. The SMILES string of the molecule is C=C(C1NC(/C=C/CNC(=O)C2CC2)Cc2c(NC(=O)CN3CCC(N)CC3)cccc21)C(F)(F)F. The minimum atomic E-state index is -4.58. The Morgan fingerprint density at radius 1 is 1.19 bits per heavy atom. The van der Waals surface area contributed by atoms with E-state index in [1.165, 1.54) is 0 Å². The van der Waals surface area contributed by atoms with Crippen molar-refractivity contribution in [1.29, 1.82) is 0 Å². The molecule has 0 bridgehead atoms. The summed E-state index contributed by atoms with van der Waals surface area (Å²) < 4.78 is 40.9. The number of rotatable bonds is 8. The topological polar surface area (TPSA) is 99.5 Å². The number of amides is 2. The average Bonchev–Trinajstić information content (AvgIpc) is 3.68. The molecule has 5 N–H and O–H groups in total. The highest BCUT2D eigenvalue weighted by Crippen LogP contribution is 2.40. The lowest BCUT2D eigenvalue weighted by Gasteiger charge is -2.35. The van der Waals surface area contributed by atoms with E-state index in [-0.39, 0.29) is 30.3 Å². The first kappa shape index (κ1) is 26.4. The third-order valence-corrected chi connectivity index (χ3v) is 7.02. The van der Waals surface area contributed by atoms with E-state index in [1.54, 1.807) is 30.4 Å². The summed E-state index contributed by atoms with van der Waals surface area (Å²) in [6.45, 7) is 5.32. The quantitative estimate of drug-likeness (QED) is 0.408. The van der Waals surface area contributed by atoms with Crippen LogP contribution in [0.4, 0.5) is 18.9 Å². The lowest BCUT2D eigenvalue weighted by atomic mass is 9.85. The zero-order valence-corrected chi connectivity index (χ0v) is 20.2. The van der Waals surface area contributed by atoms with Gasteiger partial charge in [0.15, 0.2) is 0 Å². The van der Waals surface area contributed by atoms with E-state index in [9.17, 15) is 22.8 Å². The number of carbonyl (C=O) groups is 2. The fourth-order valence-electron chi connectivity index (χ4n) is 4.76. The summed E-state index contributed by atoms with van der Waals surface area (Å²) in [6.07, 6.45) is 2.79. The Hall–Kier alpha value is -2.69. The van der Waals surface area contributed by atoms with Crippen LogP contribution in [0.3, 0.4) is 0 Å². The number of nitrogens with one attached hydrogen (secondary N) is 3. The van der Waals surface area contributed by atoms with Gasteiger partial charge in [-0.1, -0.05) is 30.9 Å². The summed E-state index contributed by atoms with van der Waals surface area (Å²) >= 11 is 0. The van der Waals surface area contributed by atoms with Crippen molar-refractivity contribution in [1.82, 2.24) is 15.5 Å². The van der Waals surface area contributed by atoms with Crippen LogP contribution in [0.1, 0.15) is 42.9 Å². The number of nitrogens with zero attached hydrogens (tertiary/aromatic N) is 1. The average molecular weight is 506 g/mol. The molecule has 3 aliphatic rings. The molecule has 0 spiro atoms. The van der Waals surface area contributed by atoms with Crippen LogP contribution in [-0.4, -0.2) is 61.2 Å². The molecule has 2 fully saturated rings. The predicted octanol–water partition coefficient (Wildman–Crippen LogP) is 2.80. The zero-order valence-electron chi connectivity index (χ0n) is 20.2. The number of hydrogen-bond acceptors (Lipinski definition) is 5. The van der Waals surface area contributed by atoms with Crippen molar-refractivity contribution < 1.29 is 22.8 Å². The first-order chi connectivity index (χ1) is 17.1. The Bertz CT molecular complexity index is 1010. The van der Waals surface area contributed by atoms with Crippen LogP contribution >= 0.6 is 0 Å². The van der Waals surface area contributed by atoms with E-state index >= 15 is 0 Å². The van der Waals surface area contributed by atoms with Gasteiger partial charge in [-0.2, -0.15) is 13.2 Å². The number of nitrogens with two attached hydrogens (primary N) is 1. The number of halogens is 3. The van der Waals surface area contributed by atoms with Gasteiger partial charge in [-0.05, 0) is 49.3 Å². The molecule has 2 aliphatic heterocycles. The van der Waals surface area contributed by atoms with Crippen LogP contribution in [0, 0.1) is 5.92 Å². The van der Waals surface area contributed by atoms with Gasteiger partial charge in [-0.15, -0.1) is 0 Å². The molecule has 2 amide bonds. The van der Waals surface area contributed by atoms with Crippen molar-refractivity contribution in [2.45, 2.75) is 56.4 Å². The minimum Gasteiger partial charge on any atom is -0.352 e. The van der Waals surface area contributed by atoms with E-state index in [1.807, 2.05) is 4.90 Å². The van der Waals surface area contributed by atoms with Gasteiger partial charge in [0.1, 0.15) is 0 Å². The van der Waals surface area contributed by atoms with E-state index in [2.05, 4.69) is 22.5 Å². The van der Waals surface area contributed by atoms with Crippen molar-refractivity contribution in [3.8, 4) is 0 Å². The largest absolute Gasteiger partial charge is 0.413 e. The highest BCUT2D eigenvalue weighted by Gasteiger charge is 2.41. The molecule has 4 rings (SSSR count). The maximum absolute atomic E-state index is 13.6. The van der Waals surface area contributed by atoms with Gasteiger partial charge in [0.05, 0.1) is 12.6 Å². The Kier molecular flexibility index (Phi) is 8.17.